The van der Waals surface area contributed by atoms with Crippen molar-refractivity contribution in [1.82, 2.24) is 10.2 Å². The van der Waals surface area contributed by atoms with Gasteiger partial charge in [0.25, 0.3) is 0 Å². The third kappa shape index (κ3) is 7.35. The largest absolute Gasteiger partial charge is 0.352 e. The number of amides is 1. The van der Waals surface area contributed by atoms with E-state index in [1.165, 1.54) is 42.1 Å². The number of sulfonamides is 1. The molecule has 2 aromatic rings. The van der Waals surface area contributed by atoms with E-state index in [0.29, 0.717) is 18.7 Å². The van der Waals surface area contributed by atoms with Gasteiger partial charge in [0, 0.05) is 26.1 Å². The van der Waals surface area contributed by atoms with Crippen LogP contribution in [-0.2, 0) is 34.3 Å². The summed E-state index contributed by atoms with van der Waals surface area (Å²) >= 11 is 0. The number of carbonyl (C=O) groups excluding carboxylic acids is 1. The molecular formula is C25H35N3O3S. The Balaban J connectivity index is 1.44. The van der Waals surface area contributed by atoms with Gasteiger partial charge in [-0.15, -0.1) is 0 Å². The van der Waals surface area contributed by atoms with Gasteiger partial charge in [-0.25, -0.2) is 8.42 Å². The van der Waals surface area contributed by atoms with Crippen LogP contribution >= 0.6 is 0 Å². The molecule has 2 aromatic carbocycles. The molecule has 1 aliphatic rings. The average molecular weight is 458 g/mol. The molecule has 0 aliphatic carbocycles. The maximum absolute atomic E-state index is 12.3. The summed E-state index contributed by atoms with van der Waals surface area (Å²) in [4.78, 5) is 14.7. The quantitative estimate of drug-likeness (QED) is 0.559. The van der Waals surface area contributed by atoms with E-state index in [-0.39, 0.29) is 18.9 Å². The number of hydrogen-bond donors (Lipinski definition) is 1. The van der Waals surface area contributed by atoms with Gasteiger partial charge < -0.3 is 5.32 Å². The van der Waals surface area contributed by atoms with Crippen LogP contribution in [-0.4, -0.2) is 45.1 Å². The number of anilines is 1. The highest BCUT2D eigenvalue weighted by atomic mass is 32.2. The van der Waals surface area contributed by atoms with Crippen LogP contribution in [0.4, 0.5) is 5.69 Å². The minimum absolute atomic E-state index is 0.0686. The Bertz CT molecular complexity index is 966. The first-order valence-corrected chi connectivity index (χ1v) is 13.3. The van der Waals surface area contributed by atoms with Gasteiger partial charge in [0.15, 0.2) is 0 Å². The van der Waals surface area contributed by atoms with E-state index in [9.17, 15) is 13.2 Å². The molecule has 7 heteroatoms. The van der Waals surface area contributed by atoms with Crippen molar-refractivity contribution in [1.29, 1.82) is 0 Å². The van der Waals surface area contributed by atoms with Crippen molar-refractivity contribution in [2.75, 3.05) is 30.2 Å². The molecule has 0 atom stereocenters. The monoisotopic (exact) mass is 457 g/mol. The summed E-state index contributed by atoms with van der Waals surface area (Å²) in [5, 5.41) is 2.94. The topological polar surface area (TPSA) is 69.7 Å². The zero-order valence-electron chi connectivity index (χ0n) is 19.2. The first kappa shape index (κ1) is 24.3. The molecule has 174 valence electrons. The molecule has 0 saturated carbocycles. The summed E-state index contributed by atoms with van der Waals surface area (Å²) in [5.74, 6) is -0.0686. The van der Waals surface area contributed by atoms with Crippen LogP contribution < -0.4 is 9.62 Å². The summed E-state index contributed by atoms with van der Waals surface area (Å²) in [6.07, 6.45) is 5.43. The molecule has 1 N–H and O–H groups in total. The lowest BCUT2D eigenvalue weighted by atomic mass is 10.1. The molecule has 32 heavy (non-hydrogen) atoms. The molecule has 0 bridgehead atoms. The fraction of sp³-hybridized carbons (Fsp3) is 0.480. The van der Waals surface area contributed by atoms with E-state index in [1.54, 1.807) is 0 Å². The smallest absolute Gasteiger partial charge is 0.232 e. The molecule has 0 spiro atoms. The van der Waals surface area contributed by atoms with Crippen molar-refractivity contribution in [2.24, 2.45) is 0 Å². The van der Waals surface area contributed by atoms with Gasteiger partial charge in [-0.05, 0) is 67.6 Å². The second-order valence-corrected chi connectivity index (χ2v) is 10.4. The molecule has 1 saturated heterocycles. The maximum atomic E-state index is 12.3. The number of rotatable bonds is 11. The Morgan fingerprint density at radius 2 is 1.56 bits per heavy atom. The van der Waals surface area contributed by atoms with E-state index in [1.807, 2.05) is 24.3 Å². The molecule has 0 aromatic heterocycles. The first-order chi connectivity index (χ1) is 15.3. The summed E-state index contributed by atoms with van der Waals surface area (Å²) in [7, 11) is -3.41. The normalized spacial score (nSPS) is 14.4. The molecule has 1 amide bonds. The summed E-state index contributed by atoms with van der Waals surface area (Å²) < 4.78 is 25.8. The van der Waals surface area contributed by atoms with Crippen molar-refractivity contribution in [3.8, 4) is 0 Å². The number of aryl methyl sites for hydroxylation is 1. The van der Waals surface area contributed by atoms with Crippen molar-refractivity contribution < 1.29 is 13.2 Å². The third-order valence-corrected chi connectivity index (χ3v) is 7.11. The number of carbonyl (C=O) groups is 1. The van der Waals surface area contributed by atoms with E-state index in [2.05, 4.69) is 41.4 Å². The number of likely N-dealkylation sites (tertiary alicyclic amines) is 1. The van der Waals surface area contributed by atoms with Crippen LogP contribution in [0.15, 0.2) is 48.5 Å². The Kier molecular flexibility index (Phi) is 8.70. The van der Waals surface area contributed by atoms with E-state index >= 15 is 0 Å². The predicted molar refractivity (Wildman–Crippen MR) is 130 cm³/mol. The Labute approximate surface area is 192 Å². The number of benzene rings is 2. The standard InChI is InChI=1S/C25H35N3O3S/c1-3-21-12-14-24(15-13-21)28(32(2,30)31)18-6-7-25(29)26-19-22-8-10-23(11-9-22)20-27-16-4-5-17-27/h8-15H,3-7,16-20H2,1-2H3,(H,26,29). The number of nitrogens with one attached hydrogen (secondary N) is 1. The fourth-order valence-corrected chi connectivity index (χ4v) is 4.98. The van der Waals surface area contributed by atoms with E-state index in [4.69, 9.17) is 0 Å². The number of hydrogen-bond acceptors (Lipinski definition) is 4. The Morgan fingerprint density at radius 1 is 0.969 bits per heavy atom. The molecule has 1 aliphatic heterocycles. The minimum Gasteiger partial charge on any atom is -0.352 e. The van der Waals surface area contributed by atoms with Gasteiger partial charge in [0.05, 0.1) is 11.9 Å². The highest BCUT2D eigenvalue weighted by molar-refractivity contribution is 7.92. The van der Waals surface area contributed by atoms with Crippen LogP contribution in [0.25, 0.3) is 0 Å². The van der Waals surface area contributed by atoms with Crippen LogP contribution in [0.5, 0.6) is 0 Å². The lowest BCUT2D eigenvalue weighted by Gasteiger charge is -2.22. The summed E-state index contributed by atoms with van der Waals surface area (Å²) in [6, 6.07) is 15.9. The molecule has 1 heterocycles. The molecule has 0 radical (unpaired) electrons. The van der Waals surface area contributed by atoms with Gasteiger partial charge in [-0.3, -0.25) is 14.0 Å². The highest BCUT2D eigenvalue weighted by Crippen LogP contribution is 2.19. The second kappa shape index (κ2) is 11.5. The molecule has 3 rings (SSSR count). The van der Waals surface area contributed by atoms with Crippen molar-refractivity contribution in [3.63, 3.8) is 0 Å². The van der Waals surface area contributed by atoms with Gasteiger partial charge in [0.1, 0.15) is 0 Å². The summed E-state index contributed by atoms with van der Waals surface area (Å²) in [6.45, 7) is 6.17. The van der Waals surface area contributed by atoms with Gasteiger partial charge >= 0.3 is 0 Å². The molecule has 6 nitrogen and oxygen atoms in total. The van der Waals surface area contributed by atoms with Gasteiger partial charge in [0.2, 0.25) is 15.9 Å². The van der Waals surface area contributed by atoms with Crippen LogP contribution in [0, 0.1) is 0 Å². The average Bonchev–Trinajstić information content (AvgIpc) is 3.28. The van der Waals surface area contributed by atoms with Crippen LogP contribution in [0.1, 0.15) is 49.3 Å². The second-order valence-electron chi connectivity index (χ2n) is 8.54. The lowest BCUT2D eigenvalue weighted by molar-refractivity contribution is -0.121. The Hall–Kier alpha value is -2.38. The number of nitrogens with zero attached hydrogens (tertiary/aromatic N) is 2. The summed E-state index contributed by atoms with van der Waals surface area (Å²) in [5.41, 5.74) is 4.16. The van der Waals surface area contributed by atoms with Crippen molar-refractivity contribution >= 4 is 21.6 Å². The molecule has 0 unspecified atom stereocenters. The molecular weight excluding hydrogens is 422 g/mol. The zero-order chi connectivity index (χ0) is 23.0. The van der Waals surface area contributed by atoms with Crippen molar-refractivity contribution in [2.45, 2.75) is 52.1 Å². The van der Waals surface area contributed by atoms with Gasteiger partial charge in [-0.2, -0.15) is 0 Å². The Morgan fingerprint density at radius 3 is 2.16 bits per heavy atom. The zero-order valence-corrected chi connectivity index (χ0v) is 20.0. The van der Waals surface area contributed by atoms with Crippen molar-refractivity contribution in [3.05, 3.63) is 65.2 Å². The highest BCUT2D eigenvalue weighted by Gasteiger charge is 2.17. The minimum atomic E-state index is -3.41. The van der Waals surface area contributed by atoms with E-state index in [0.717, 1.165) is 24.1 Å². The van der Waals surface area contributed by atoms with Gasteiger partial charge in [-0.1, -0.05) is 43.3 Å². The SMILES string of the molecule is CCc1ccc(N(CCCC(=O)NCc2ccc(CN3CCCC3)cc2)S(C)(=O)=O)cc1. The molecule has 1 fully saturated rings. The predicted octanol–water partition coefficient (Wildman–Crippen LogP) is 3.71. The fourth-order valence-electron chi connectivity index (χ4n) is 4.02. The maximum Gasteiger partial charge on any atom is 0.232 e. The first-order valence-electron chi connectivity index (χ1n) is 11.5. The third-order valence-electron chi connectivity index (χ3n) is 5.92. The lowest BCUT2D eigenvalue weighted by Crippen LogP contribution is -2.32. The van der Waals surface area contributed by atoms with Crippen LogP contribution in [0.2, 0.25) is 0 Å². The van der Waals surface area contributed by atoms with E-state index < -0.39 is 10.0 Å². The van der Waals surface area contributed by atoms with Crippen LogP contribution in [0.3, 0.4) is 0 Å².